The van der Waals surface area contributed by atoms with Crippen LogP contribution >= 0.6 is 11.6 Å². The largest absolute Gasteiger partial charge is 0.497 e. The number of benzene rings is 2. The second kappa shape index (κ2) is 8.20. The fourth-order valence-electron chi connectivity index (χ4n) is 3.18. The number of hydrogen-bond acceptors (Lipinski definition) is 6. The Morgan fingerprint density at radius 1 is 1.16 bits per heavy atom. The van der Waals surface area contributed by atoms with E-state index in [0.29, 0.717) is 16.5 Å². The molecule has 0 spiro atoms. The molecule has 0 bridgehead atoms. The summed E-state index contributed by atoms with van der Waals surface area (Å²) >= 11 is 6.12. The summed E-state index contributed by atoms with van der Waals surface area (Å²) in [5.41, 5.74) is 3.62. The second-order valence-corrected chi connectivity index (χ2v) is 7.32. The molecule has 1 aliphatic rings. The number of nitro groups is 1. The van der Waals surface area contributed by atoms with Gasteiger partial charge in [0.15, 0.2) is 0 Å². The summed E-state index contributed by atoms with van der Waals surface area (Å²) in [6, 6.07) is 12.4. The first-order chi connectivity index (χ1) is 15.3. The predicted molar refractivity (Wildman–Crippen MR) is 117 cm³/mol. The van der Waals surface area contributed by atoms with Crippen LogP contribution in [-0.2, 0) is 9.59 Å². The summed E-state index contributed by atoms with van der Waals surface area (Å²) in [6.45, 7) is 1.82. The Morgan fingerprint density at radius 2 is 1.94 bits per heavy atom. The molecule has 4 rings (SSSR count). The lowest BCUT2D eigenvalue weighted by molar-refractivity contribution is -0.384. The van der Waals surface area contributed by atoms with Crippen LogP contribution in [0.1, 0.15) is 11.3 Å². The van der Waals surface area contributed by atoms with Crippen molar-refractivity contribution in [2.75, 3.05) is 12.1 Å². The fraction of sp³-hybridized carbons (Fsp3) is 0.0909. The van der Waals surface area contributed by atoms with Crippen molar-refractivity contribution in [2.24, 2.45) is 0 Å². The molecule has 10 heteroatoms. The van der Waals surface area contributed by atoms with Crippen LogP contribution in [0.25, 0.3) is 17.4 Å². The first-order valence-electron chi connectivity index (χ1n) is 9.34. The lowest BCUT2D eigenvalue weighted by atomic mass is 10.1. The van der Waals surface area contributed by atoms with E-state index >= 15 is 0 Å². The monoisotopic (exact) mass is 453 g/mol. The summed E-state index contributed by atoms with van der Waals surface area (Å²) in [5, 5.41) is 13.0. The van der Waals surface area contributed by atoms with Crippen molar-refractivity contribution in [1.82, 2.24) is 5.43 Å². The quantitative estimate of drug-likeness (QED) is 0.267. The number of aryl methyl sites for hydroxylation is 1. The van der Waals surface area contributed by atoms with E-state index in [1.54, 1.807) is 24.3 Å². The molecule has 2 heterocycles. The Labute approximate surface area is 187 Å². The predicted octanol–water partition coefficient (Wildman–Crippen LogP) is 4.29. The van der Waals surface area contributed by atoms with E-state index in [-0.39, 0.29) is 28.3 Å². The van der Waals surface area contributed by atoms with E-state index in [1.165, 1.54) is 37.5 Å². The molecule has 0 aliphatic carbocycles. The van der Waals surface area contributed by atoms with E-state index in [1.807, 2.05) is 6.92 Å². The van der Waals surface area contributed by atoms with Crippen molar-refractivity contribution in [3.63, 3.8) is 0 Å². The highest BCUT2D eigenvalue weighted by molar-refractivity contribution is 6.33. The van der Waals surface area contributed by atoms with Crippen molar-refractivity contribution in [3.05, 3.63) is 80.6 Å². The molecule has 162 valence electrons. The molecule has 2 amide bonds. The maximum Gasteiger partial charge on any atom is 0.284 e. The van der Waals surface area contributed by atoms with Gasteiger partial charge in [-0.25, -0.2) is 5.01 Å². The number of amides is 2. The molecule has 2 aromatic carbocycles. The maximum atomic E-state index is 12.8. The van der Waals surface area contributed by atoms with Crippen LogP contribution in [0.5, 0.6) is 5.75 Å². The van der Waals surface area contributed by atoms with Gasteiger partial charge in [-0.2, -0.15) is 0 Å². The number of carbonyl (C=O) groups is 2. The number of hydrazine groups is 1. The molecule has 0 unspecified atom stereocenters. The fourth-order valence-corrected chi connectivity index (χ4v) is 3.35. The van der Waals surface area contributed by atoms with Gasteiger partial charge in [-0.05, 0) is 55.0 Å². The number of halogens is 1. The minimum absolute atomic E-state index is 0.146. The minimum Gasteiger partial charge on any atom is -0.497 e. The molecule has 1 aromatic heterocycles. The first kappa shape index (κ1) is 21.1. The highest BCUT2D eigenvalue weighted by Crippen LogP contribution is 2.35. The third kappa shape index (κ3) is 3.81. The standard InChI is InChI=1S/C22H16ClN3O6/c1-12-3-4-13(9-18(12)23)25-22(28)17(21(27)24-25)10-15-6-8-20(32-15)16-7-5-14(31-2)11-19(16)26(29)30/h3-11H,1-2H3,(H,24,27)/b17-10+. The molecular weight excluding hydrogens is 438 g/mol. The molecule has 1 fully saturated rings. The van der Waals surface area contributed by atoms with Gasteiger partial charge in [-0.1, -0.05) is 17.7 Å². The summed E-state index contributed by atoms with van der Waals surface area (Å²) in [6.07, 6.45) is 1.28. The van der Waals surface area contributed by atoms with Gasteiger partial charge in [0, 0.05) is 5.02 Å². The van der Waals surface area contributed by atoms with Crippen LogP contribution in [0, 0.1) is 17.0 Å². The number of hydrogen-bond donors (Lipinski definition) is 1. The van der Waals surface area contributed by atoms with E-state index < -0.39 is 16.7 Å². The molecule has 1 aliphatic heterocycles. The highest BCUT2D eigenvalue weighted by Gasteiger charge is 2.35. The number of rotatable bonds is 5. The topological polar surface area (TPSA) is 115 Å². The first-order valence-corrected chi connectivity index (χ1v) is 9.72. The minimum atomic E-state index is -0.611. The number of methoxy groups -OCH3 is 1. The SMILES string of the molecule is COc1ccc(-c2ccc(/C=C3\C(=O)NN(c4ccc(C)c(Cl)c4)C3=O)o2)c([N+](=O)[O-])c1. The molecule has 0 saturated carbocycles. The lowest BCUT2D eigenvalue weighted by Gasteiger charge is -2.15. The Balaban J connectivity index is 1.65. The van der Waals surface area contributed by atoms with E-state index in [9.17, 15) is 19.7 Å². The van der Waals surface area contributed by atoms with Gasteiger partial charge in [-0.3, -0.25) is 25.1 Å². The van der Waals surface area contributed by atoms with E-state index in [0.717, 1.165) is 10.6 Å². The molecule has 1 N–H and O–H groups in total. The molecular formula is C22H16ClN3O6. The molecule has 3 aromatic rings. The van der Waals surface area contributed by atoms with Crippen molar-refractivity contribution < 1.29 is 23.7 Å². The highest BCUT2D eigenvalue weighted by atomic mass is 35.5. The van der Waals surface area contributed by atoms with Crippen molar-refractivity contribution in [3.8, 4) is 17.1 Å². The van der Waals surface area contributed by atoms with Gasteiger partial charge in [0.05, 0.1) is 29.4 Å². The number of nitro benzene ring substituents is 1. The summed E-state index contributed by atoms with van der Waals surface area (Å²) < 4.78 is 10.7. The second-order valence-electron chi connectivity index (χ2n) is 6.92. The molecule has 0 atom stereocenters. The van der Waals surface area contributed by atoms with Gasteiger partial charge in [-0.15, -0.1) is 0 Å². The van der Waals surface area contributed by atoms with Gasteiger partial charge >= 0.3 is 0 Å². The van der Waals surface area contributed by atoms with Gasteiger partial charge in [0.2, 0.25) is 0 Å². The summed E-state index contributed by atoms with van der Waals surface area (Å²) in [7, 11) is 1.41. The van der Waals surface area contributed by atoms with Crippen LogP contribution < -0.4 is 15.2 Å². The van der Waals surface area contributed by atoms with Gasteiger partial charge < -0.3 is 9.15 Å². The van der Waals surface area contributed by atoms with E-state index in [4.69, 9.17) is 20.8 Å². The van der Waals surface area contributed by atoms with Gasteiger partial charge in [0.25, 0.3) is 17.5 Å². The van der Waals surface area contributed by atoms with Crippen molar-refractivity contribution in [1.29, 1.82) is 0 Å². The number of ether oxygens (including phenoxy) is 1. The Morgan fingerprint density at radius 3 is 2.62 bits per heavy atom. The van der Waals surface area contributed by atoms with Crippen LogP contribution in [0.15, 0.2) is 58.5 Å². The summed E-state index contributed by atoms with van der Waals surface area (Å²) in [4.78, 5) is 36.1. The van der Waals surface area contributed by atoms with Crippen LogP contribution in [-0.4, -0.2) is 23.8 Å². The number of nitrogens with zero attached hydrogens (tertiary/aromatic N) is 2. The number of furan rings is 1. The zero-order chi connectivity index (χ0) is 23.0. The van der Waals surface area contributed by atoms with Crippen LogP contribution in [0.2, 0.25) is 5.02 Å². The Hall–Kier alpha value is -4.11. The molecule has 1 saturated heterocycles. The average Bonchev–Trinajstić information content (AvgIpc) is 3.35. The van der Waals surface area contributed by atoms with E-state index in [2.05, 4.69) is 5.43 Å². The lowest BCUT2D eigenvalue weighted by Crippen LogP contribution is -2.35. The Kier molecular flexibility index (Phi) is 5.41. The maximum absolute atomic E-state index is 12.8. The third-order valence-electron chi connectivity index (χ3n) is 4.89. The number of anilines is 1. The van der Waals surface area contributed by atoms with Crippen LogP contribution in [0.3, 0.4) is 0 Å². The molecule has 32 heavy (non-hydrogen) atoms. The normalized spacial score (nSPS) is 14.7. The molecule has 0 radical (unpaired) electrons. The smallest absolute Gasteiger partial charge is 0.284 e. The average molecular weight is 454 g/mol. The van der Waals surface area contributed by atoms with Crippen molar-refractivity contribution in [2.45, 2.75) is 6.92 Å². The zero-order valence-corrected chi connectivity index (χ0v) is 17.7. The van der Waals surface area contributed by atoms with Crippen molar-refractivity contribution >= 4 is 40.9 Å². The molecule has 9 nitrogen and oxygen atoms in total. The number of nitrogens with one attached hydrogen (secondary N) is 1. The van der Waals surface area contributed by atoms with Gasteiger partial charge in [0.1, 0.15) is 22.8 Å². The van der Waals surface area contributed by atoms with Crippen LogP contribution in [0.4, 0.5) is 11.4 Å². The summed E-state index contributed by atoms with van der Waals surface area (Å²) in [5.74, 6) is -0.464. The zero-order valence-electron chi connectivity index (χ0n) is 16.9. The third-order valence-corrected chi connectivity index (χ3v) is 5.29. The Bertz CT molecular complexity index is 1300. The number of carbonyl (C=O) groups excluding carboxylic acids is 2.